The van der Waals surface area contributed by atoms with Gasteiger partial charge >= 0.3 is 0 Å². The van der Waals surface area contributed by atoms with Gasteiger partial charge in [0.05, 0.1) is 0 Å². The Hall–Kier alpha value is -0.570. The summed E-state index contributed by atoms with van der Waals surface area (Å²) in [5.41, 5.74) is 0.325. The normalized spacial score (nSPS) is 10.6. The molecule has 0 aromatic rings. The van der Waals surface area contributed by atoms with E-state index in [0.29, 0.717) is 5.41 Å². The molecule has 0 unspecified atom stereocenters. The van der Waals surface area contributed by atoms with Crippen LogP contribution in [0.2, 0.25) is 0 Å². The van der Waals surface area contributed by atoms with E-state index in [1.165, 1.54) is 0 Å². The van der Waals surface area contributed by atoms with Crippen LogP contribution in [0.5, 0.6) is 0 Å². The van der Waals surface area contributed by atoms with E-state index in [9.17, 15) is 9.90 Å². The number of rotatable bonds is 4. The highest BCUT2D eigenvalue weighted by molar-refractivity contribution is 5.63. The van der Waals surface area contributed by atoms with E-state index >= 15 is 0 Å². The number of carboxylic acid groups (broad SMARTS) is 1. The van der Waals surface area contributed by atoms with Crippen molar-refractivity contribution in [2.45, 2.75) is 46.5 Å². The van der Waals surface area contributed by atoms with Crippen LogP contribution in [0.4, 0.5) is 0 Å². The fourth-order valence-electron chi connectivity index (χ4n) is 0.925. The Morgan fingerprint density at radius 3 is 2.08 bits per heavy atom. The lowest BCUT2D eigenvalue weighted by molar-refractivity contribution is -0.305. The van der Waals surface area contributed by atoms with Gasteiger partial charge in [0.1, 0.15) is 0 Å². The number of carboxylic acids is 1. The summed E-state index contributed by atoms with van der Waals surface area (Å²) in [6, 6.07) is 0. The summed E-state index contributed by atoms with van der Waals surface area (Å²) in [6.45, 7) is 6.48. The molecular formula is C9H21NO2. The van der Waals surface area contributed by atoms with Gasteiger partial charge in [0.15, 0.2) is 0 Å². The summed E-state index contributed by atoms with van der Waals surface area (Å²) in [5, 5.41) is 10.0. The molecule has 3 heteroatoms. The molecule has 0 spiro atoms. The Morgan fingerprint density at radius 2 is 1.75 bits per heavy atom. The maximum Gasteiger partial charge on any atom is 0.0414 e. The molecule has 0 radical (unpaired) electrons. The van der Waals surface area contributed by atoms with Gasteiger partial charge in [0.2, 0.25) is 0 Å². The molecule has 0 fully saturated rings. The van der Waals surface area contributed by atoms with E-state index in [1.54, 1.807) is 0 Å². The van der Waals surface area contributed by atoms with E-state index in [-0.39, 0.29) is 12.6 Å². The minimum absolute atomic E-state index is 0. The first-order chi connectivity index (χ1) is 4.92. The van der Waals surface area contributed by atoms with Crippen LogP contribution in [0, 0.1) is 5.41 Å². The van der Waals surface area contributed by atoms with Crippen molar-refractivity contribution in [1.29, 1.82) is 0 Å². The first-order valence-corrected chi connectivity index (χ1v) is 4.12. The molecule has 0 aromatic carbocycles. The first kappa shape index (κ1) is 14.0. The molecule has 0 amide bonds. The van der Waals surface area contributed by atoms with Crippen LogP contribution in [-0.2, 0) is 4.79 Å². The van der Waals surface area contributed by atoms with Gasteiger partial charge < -0.3 is 16.1 Å². The van der Waals surface area contributed by atoms with E-state index in [4.69, 9.17) is 0 Å². The molecule has 0 aromatic heterocycles. The van der Waals surface area contributed by atoms with Crippen molar-refractivity contribution in [3.63, 3.8) is 0 Å². The maximum atomic E-state index is 10.0. The van der Waals surface area contributed by atoms with Crippen LogP contribution in [0.3, 0.4) is 0 Å². The van der Waals surface area contributed by atoms with E-state index in [1.807, 2.05) is 0 Å². The summed E-state index contributed by atoms with van der Waals surface area (Å²) in [5.74, 6) is -0.932. The standard InChI is InChI=1S/C9H18O2.H3N/c1-9(2,3)7-5-4-6-8(10)11;/h4-7H2,1-3H3,(H,10,11);1H3. The fourth-order valence-corrected chi connectivity index (χ4v) is 0.925. The number of carbonyl (C=O) groups is 1. The monoisotopic (exact) mass is 175 g/mol. The van der Waals surface area contributed by atoms with Gasteiger partial charge in [-0.1, -0.05) is 27.2 Å². The third kappa shape index (κ3) is 12.1. The number of hydrogen-bond acceptors (Lipinski definition) is 2. The largest absolute Gasteiger partial charge is 0.550 e. The highest BCUT2D eigenvalue weighted by Crippen LogP contribution is 2.21. The van der Waals surface area contributed by atoms with E-state index in [0.717, 1.165) is 19.3 Å². The minimum atomic E-state index is -0.932. The molecular weight excluding hydrogens is 154 g/mol. The number of quaternary nitrogens is 1. The molecule has 3 nitrogen and oxygen atoms in total. The van der Waals surface area contributed by atoms with Crippen LogP contribution < -0.4 is 11.3 Å². The molecule has 0 rings (SSSR count). The van der Waals surface area contributed by atoms with Crippen molar-refractivity contribution in [1.82, 2.24) is 6.15 Å². The highest BCUT2D eigenvalue weighted by Gasteiger charge is 2.08. The molecule has 0 saturated heterocycles. The molecule has 0 heterocycles. The Morgan fingerprint density at radius 1 is 1.25 bits per heavy atom. The van der Waals surface area contributed by atoms with Crippen LogP contribution in [0.25, 0.3) is 0 Å². The summed E-state index contributed by atoms with van der Waals surface area (Å²) >= 11 is 0. The molecule has 0 bridgehead atoms. The SMILES string of the molecule is CC(C)(C)CCCCC(=O)[O-].[NH4+]. The predicted octanol–water partition coefficient (Wildman–Crippen LogP) is 1.72. The molecule has 0 aliphatic carbocycles. The van der Waals surface area contributed by atoms with Gasteiger partial charge in [0, 0.05) is 5.97 Å². The lowest BCUT2D eigenvalue weighted by Gasteiger charge is -2.17. The van der Waals surface area contributed by atoms with Crippen molar-refractivity contribution >= 4 is 5.97 Å². The summed E-state index contributed by atoms with van der Waals surface area (Å²) in [7, 11) is 0. The Kier molecular flexibility index (Phi) is 6.99. The quantitative estimate of drug-likeness (QED) is 0.660. The second-order valence-corrected chi connectivity index (χ2v) is 4.14. The summed E-state index contributed by atoms with van der Waals surface area (Å²) in [4.78, 5) is 10.0. The molecule has 0 atom stereocenters. The second-order valence-electron chi connectivity index (χ2n) is 4.14. The van der Waals surface area contributed by atoms with Crippen LogP contribution in [0.15, 0.2) is 0 Å². The molecule has 4 N–H and O–H groups in total. The second kappa shape index (κ2) is 6.00. The average molecular weight is 175 g/mol. The Balaban J connectivity index is 0. The number of carbonyl (C=O) groups excluding carboxylic acids is 1. The van der Waals surface area contributed by atoms with Crippen molar-refractivity contribution < 1.29 is 9.90 Å². The van der Waals surface area contributed by atoms with Crippen LogP contribution in [-0.4, -0.2) is 5.97 Å². The third-order valence-corrected chi connectivity index (χ3v) is 1.56. The number of hydrogen-bond donors (Lipinski definition) is 1. The van der Waals surface area contributed by atoms with Crippen LogP contribution >= 0.6 is 0 Å². The zero-order chi connectivity index (χ0) is 8.91. The van der Waals surface area contributed by atoms with Gasteiger partial charge in [-0.3, -0.25) is 0 Å². The average Bonchev–Trinajstić information content (AvgIpc) is 1.78. The van der Waals surface area contributed by atoms with E-state index in [2.05, 4.69) is 20.8 Å². The smallest absolute Gasteiger partial charge is 0.0414 e. The molecule has 12 heavy (non-hydrogen) atoms. The lowest BCUT2D eigenvalue weighted by Crippen LogP contribution is -2.21. The van der Waals surface area contributed by atoms with Gasteiger partial charge in [0.25, 0.3) is 0 Å². The zero-order valence-electron chi connectivity index (χ0n) is 8.64. The van der Waals surface area contributed by atoms with Gasteiger partial charge in [-0.25, -0.2) is 0 Å². The highest BCUT2D eigenvalue weighted by atomic mass is 16.4. The molecule has 0 aliphatic heterocycles. The summed E-state index contributed by atoms with van der Waals surface area (Å²) in [6.07, 6.45) is 3.02. The topological polar surface area (TPSA) is 76.6 Å². The molecule has 0 aliphatic rings. The van der Waals surface area contributed by atoms with Crippen LogP contribution in [0.1, 0.15) is 46.5 Å². The van der Waals surface area contributed by atoms with Gasteiger partial charge in [-0.2, -0.15) is 0 Å². The van der Waals surface area contributed by atoms with Crippen molar-refractivity contribution in [3.05, 3.63) is 0 Å². The Bertz CT molecular complexity index is 127. The summed E-state index contributed by atoms with van der Waals surface area (Å²) < 4.78 is 0. The van der Waals surface area contributed by atoms with Crippen molar-refractivity contribution in [3.8, 4) is 0 Å². The number of aliphatic carboxylic acids is 1. The fraction of sp³-hybridized carbons (Fsp3) is 0.889. The number of unbranched alkanes of at least 4 members (excludes halogenated alkanes) is 1. The van der Waals surface area contributed by atoms with Crippen molar-refractivity contribution in [2.24, 2.45) is 5.41 Å². The Labute approximate surface area is 74.8 Å². The van der Waals surface area contributed by atoms with Crippen molar-refractivity contribution in [2.75, 3.05) is 0 Å². The molecule has 0 saturated carbocycles. The third-order valence-electron chi connectivity index (χ3n) is 1.56. The first-order valence-electron chi connectivity index (χ1n) is 4.12. The zero-order valence-corrected chi connectivity index (χ0v) is 8.64. The van der Waals surface area contributed by atoms with E-state index < -0.39 is 5.97 Å². The minimum Gasteiger partial charge on any atom is -0.550 e. The predicted molar refractivity (Wildman–Crippen MR) is 48.9 cm³/mol. The lowest BCUT2D eigenvalue weighted by atomic mass is 9.89. The molecule has 74 valence electrons. The maximum absolute atomic E-state index is 10.0. The van der Waals surface area contributed by atoms with Gasteiger partial charge in [-0.15, -0.1) is 0 Å². The van der Waals surface area contributed by atoms with Gasteiger partial charge in [-0.05, 0) is 24.7 Å².